The zero-order chi connectivity index (χ0) is 20.3. The molecule has 0 heterocycles. The van der Waals surface area contributed by atoms with Gasteiger partial charge in [-0.2, -0.15) is 0 Å². The van der Waals surface area contributed by atoms with Crippen LogP contribution in [0.25, 0.3) is 0 Å². The van der Waals surface area contributed by atoms with Gasteiger partial charge in [-0.05, 0) is 0 Å². The summed E-state index contributed by atoms with van der Waals surface area (Å²) in [7, 11) is 2.46. The Morgan fingerprint density at radius 3 is 0.654 bits per heavy atom. The molecule has 0 saturated heterocycles. The second-order valence-electron chi connectivity index (χ2n) is 6.31. The van der Waals surface area contributed by atoms with Crippen molar-refractivity contribution in [3.63, 3.8) is 0 Å². The van der Waals surface area contributed by atoms with E-state index in [9.17, 15) is 40.9 Å². The second-order valence-corrected chi connectivity index (χ2v) is 6.31. The molecule has 2 aliphatic rings. The van der Waals surface area contributed by atoms with Crippen LogP contribution in [0.1, 0.15) is 0 Å². The highest BCUT2D eigenvalue weighted by molar-refractivity contribution is 4.99. The molecule has 0 aromatic heterocycles. The lowest BCUT2D eigenvalue weighted by atomic mass is 9.85. The standard InChI is InChI=1S/2C7H14O6/c2*1-13-7-5(11)3(9)2(8)4(10)6(7)12/h2*2-12H,1H3/t2*2-,3-,4-,5-,6+,7+/m00/s1. The average Bonchev–Trinajstić information content (AvgIpc) is 2.63. The maximum Gasteiger partial charge on any atom is 0.114 e. The fourth-order valence-corrected chi connectivity index (χ4v) is 2.95. The maximum atomic E-state index is 9.29. The van der Waals surface area contributed by atoms with E-state index in [-0.39, 0.29) is 0 Å². The van der Waals surface area contributed by atoms with Crippen molar-refractivity contribution >= 4 is 0 Å². The summed E-state index contributed by atoms with van der Waals surface area (Å²) in [6, 6.07) is 0. The quantitative estimate of drug-likeness (QED) is 0.213. The topological polar surface area (TPSA) is 221 Å². The van der Waals surface area contributed by atoms with Gasteiger partial charge in [0, 0.05) is 14.2 Å². The number of hydrogen-bond donors (Lipinski definition) is 10. The summed E-state index contributed by atoms with van der Waals surface area (Å²) in [4.78, 5) is 0. The first-order valence-corrected chi connectivity index (χ1v) is 7.87. The first-order valence-electron chi connectivity index (χ1n) is 7.87. The lowest BCUT2D eigenvalue weighted by Gasteiger charge is -2.40. The summed E-state index contributed by atoms with van der Waals surface area (Å²) in [6.45, 7) is 0. The van der Waals surface area contributed by atoms with E-state index in [1.54, 1.807) is 0 Å². The third-order valence-corrected chi connectivity index (χ3v) is 4.69. The van der Waals surface area contributed by atoms with Crippen LogP contribution >= 0.6 is 0 Å². The lowest BCUT2D eigenvalue weighted by Crippen LogP contribution is -2.64. The van der Waals surface area contributed by atoms with E-state index in [2.05, 4.69) is 9.47 Å². The van der Waals surface area contributed by atoms with Crippen LogP contribution in [-0.2, 0) is 9.47 Å². The maximum absolute atomic E-state index is 9.29. The van der Waals surface area contributed by atoms with Gasteiger partial charge in [0.15, 0.2) is 0 Å². The van der Waals surface area contributed by atoms with E-state index in [1.807, 2.05) is 0 Å². The molecule has 2 saturated carbocycles. The predicted molar refractivity (Wildman–Crippen MR) is 81.7 cm³/mol. The van der Waals surface area contributed by atoms with Crippen LogP contribution in [0, 0.1) is 0 Å². The molecule has 26 heavy (non-hydrogen) atoms. The van der Waals surface area contributed by atoms with E-state index in [0.29, 0.717) is 0 Å². The highest BCUT2D eigenvalue weighted by atomic mass is 16.5. The molecule has 0 aromatic carbocycles. The van der Waals surface area contributed by atoms with Crippen LogP contribution in [0.4, 0.5) is 0 Å². The first kappa shape index (κ1) is 23.6. The van der Waals surface area contributed by atoms with Gasteiger partial charge in [-0.3, -0.25) is 0 Å². The molecule has 0 aromatic rings. The molecular formula is C14H28O12. The molecule has 12 heteroatoms. The zero-order valence-electron chi connectivity index (χ0n) is 14.2. The van der Waals surface area contributed by atoms with Crippen LogP contribution in [0.2, 0.25) is 0 Å². The van der Waals surface area contributed by atoms with Crippen molar-refractivity contribution in [2.45, 2.75) is 73.2 Å². The molecule has 0 bridgehead atoms. The van der Waals surface area contributed by atoms with Crippen LogP contribution in [0.5, 0.6) is 0 Å². The molecule has 0 radical (unpaired) electrons. The van der Waals surface area contributed by atoms with Crippen molar-refractivity contribution in [2.24, 2.45) is 0 Å². The molecule has 156 valence electrons. The molecule has 12 nitrogen and oxygen atoms in total. The number of ether oxygens (including phenoxy) is 2. The normalized spacial score (nSPS) is 52.2. The predicted octanol–water partition coefficient (Wildman–Crippen LogP) is -6.36. The summed E-state index contributed by atoms with van der Waals surface area (Å²) in [5.74, 6) is 0. The largest absolute Gasteiger partial charge is 0.387 e. The number of aliphatic hydroxyl groups is 10. The van der Waals surface area contributed by atoms with Crippen LogP contribution in [0.15, 0.2) is 0 Å². The Balaban J connectivity index is 0.000000260. The highest BCUT2D eigenvalue weighted by Gasteiger charge is 2.49. The molecule has 2 fully saturated rings. The van der Waals surface area contributed by atoms with Gasteiger partial charge in [-0.25, -0.2) is 0 Å². The fraction of sp³-hybridized carbons (Fsp3) is 1.00. The lowest BCUT2D eigenvalue weighted by molar-refractivity contribution is -0.229. The van der Waals surface area contributed by atoms with Crippen molar-refractivity contribution in [3.05, 3.63) is 0 Å². The van der Waals surface area contributed by atoms with Gasteiger partial charge < -0.3 is 60.5 Å². The molecule has 2 rings (SSSR count). The average molecular weight is 388 g/mol. The summed E-state index contributed by atoms with van der Waals surface area (Å²) >= 11 is 0. The monoisotopic (exact) mass is 388 g/mol. The summed E-state index contributed by atoms with van der Waals surface area (Å²) in [5.41, 5.74) is 0. The third-order valence-electron chi connectivity index (χ3n) is 4.69. The number of aliphatic hydroxyl groups excluding tert-OH is 10. The van der Waals surface area contributed by atoms with Gasteiger partial charge in [-0.1, -0.05) is 0 Å². The van der Waals surface area contributed by atoms with Gasteiger partial charge >= 0.3 is 0 Å². The van der Waals surface area contributed by atoms with Crippen molar-refractivity contribution in [3.8, 4) is 0 Å². The van der Waals surface area contributed by atoms with Crippen molar-refractivity contribution < 1.29 is 60.5 Å². The minimum atomic E-state index is -1.56. The van der Waals surface area contributed by atoms with E-state index in [0.717, 1.165) is 0 Å². The van der Waals surface area contributed by atoms with E-state index in [1.165, 1.54) is 14.2 Å². The van der Waals surface area contributed by atoms with E-state index < -0.39 is 73.2 Å². The van der Waals surface area contributed by atoms with Gasteiger partial charge in [0.05, 0.1) is 0 Å². The van der Waals surface area contributed by atoms with Crippen molar-refractivity contribution in [1.82, 2.24) is 0 Å². The van der Waals surface area contributed by atoms with E-state index >= 15 is 0 Å². The second kappa shape index (κ2) is 9.64. The van der Waals surface area contributed by atoms with Crippen LogP contribution in [-0.4, -0.2) is 139 Å². The molecule has 2 aliphatic carbocycles. The fourth-order valence-electron chi connectivity index (χ4n) is 2.95. The summed E-state index contributed by atoms with van der Waals surface area (Å²) in [5, 5.41) is 92.1. The molecule has 0 amide bonds. The Bertz CT molecular complexity index is 355. The Labute approximate surface area is 149 Å². The highest BCUT2D eigenvalue weighted by Crippen LogP contribution is 2.24. The van der Waals surface area contributed by atoms with Crippen molar-refractivity contribution in [1.29, 1.82) is 0 Å². The SMILES string of the molecule is CO[C@H]1[C@H](O)[C@@H](O)[C@@H](O)[C@H](O)[C@@H]1O.CO[C@H]1[C@H](O)[C@@H](O)[C@@H](O)[C@H](O)[C@@H]1O. The molecule has 0 spiro atoms. The number of methoxy groups -OCH3 is 2. The van der Waals surface area contributed by atoms with Gasteiger partial charge in [0.2, 0.25) is 0 Å². The summed E-state index contributed by atoms with van der Waals surface area (Å²) in [6.07, 6.45) is -17.0. The molecular weight excluding hydrogens is 360 g/mol. The summed E-state index contributed by atoms with van der Waals surface area (Å²) < 4.78 is 9.35. The molecule has 12 atom stereocenters. The minimum Gasteiger partial charge on any atom is -0.387 e. The Hall–Kier alpha value is -0.480. The van der Waals surface area contributed by atoms with Gasteiger partial charge in [0.1, 0.15) is 73.2 Å². The minimum absolute atomic E-state index is 1.09. The Kier molecular flexibility index (Phi) is 8.73. The molecule has 10 N–H and O–H groups in total. The third kappa shape index (κ3) is 4.49. The van der Waals surface area contributed by atoms with Crippen molar-refractivity contribution in [2.75, 3.05) is 14.2 Å². The number of hydrogen-bond acceptors (Lipinski definition) is 12. The first-order chi connectivity index (χ1) is 12.0. The van der Waals surface area contributed by atoms with E-state index in [4.69, 9.17) is 10.2 Å². The van der Waals surface area contributed by atoms with Crippen LogP contribution in [0.3, 0.4) is 0 Å². The zero-order valence-corrected chi connectivity index (χ0v) is 14.2. The Morgan fingerprint density at radius 1 is 0.346 bits per heavy atom. The Morgan fingerprint density at radius 2 is 0.500 bits per heavy atom. The smallest absolute Gasteiger partial charge is 0.114 e. The van der Waals surface area contributed by atoms with Gasteiger partial charge in [-0.15, -0.1) is 0 Å². The van der Waals surface area contributed by atoms with Crippen LogP contribution < -0.4 is 0 Å². The number of rotatable bonds is 2. The molecule has 0 unspecified atom stereocenters. The van der Waals surface area contributed by atoms with Gasteiger partial charge in [0.25, 0.3) is 0 Å². The molecule has 0 aliphatic heterocycles.